The first-order valence-electron chi connectivity index (χ1n) is 9.59. The highest BCUT2D eigenvalue weighted by atomic mass is 16.6. The molecule has 0 aliphatic carbocycles. The van der Waals surface area contributed by atoms with E-state index in [9.17, 15) is 14.9 Å². The van der Waals surface area contributed by atoms with Gasteiger partial charge in [0.15, 0.2) is 0 Å². The van der Waals surface area contributed by atoms with E-state index in [1.54, 1.807) is 18.3 Å². The molecule has 2 aromatic carbocycles. The zero-order valence-corrected chi connectivity index (χ0v) is 16.2. The first kappa shape index (κ1) is 19.6. The number of carbonyl (C=O) groups excluding carboxylic acids is 1. The van der Waals surface area contributed by atoms with Gasteiger partial charge in [-0.3, -0.25) is 20.3 Å². The summed E-state index contributed by atoms with van der Waals surface area (Å²) in [7, 11) is 0. The van der Waals surface area contributed by atoms with Crippen LogP contribution in [0.3, 0.4) is 0 Å². The van der Waals surface area contributed by atoms with Gasteiger partial charge in [-0.2, -0.15) is 5.10 Å². The van der Waals surface area contributed by atoms with Crippen LogP contribution < -0.4 is 5.43 Å². The van der Waals surface area contributed by atoms with E-state index in [-0.39, 0.29) is 18.1 Å². The number of hydrazone groups is 1. The lowest BCUT2D eigenvalue weighted by atomic mass is 10.2. The lowest BCUT2D eigenvalue weighted by molar-refractivity contribution is -0.384. The van der Waals surface area contributed by atoms with Crippen LogP contribution in [-0.4, -0.2) is 52.8 Å². The maximum atomic E-state index is 12.7. The van der Waals surface area contributed by atoms with Crippen LogP contribution in [-0.2, 0) is 16.1 Å². The number of aromatic nitrogens is 1. The van der Waals surface area contributed by atoms with Crippen molar-refractivity contribution in [3.63, 3.8) is 0 Å². The Bertz CT molecular complexity index is 1080. The van der Waals surface area contributed by atoms with Crippen LogP contribution in [0.5, 0.6) is 0 Å². The van der Waals surface area contributed by atoms with Gasteiger partial charge in [0.2, 0.25) is 5.91 Å². The number of benzene rings is 2. The smallest absolute Gasteiger partial charge is 0.269 e. The Morgan fingerprint density at radius 3 is 2.63 bits per heavy atom. The van der Waals surface area contributed by atoms with Crippen molar-refractivity contribution in [2.75, 3.05) is 31.7 Å². The van der Waals surface area contributed by atoms with Crippen molar-refractivity contribution >= 4 is 34.4 Å². The monoisotopic (exact) mass is 407 g/mol. The largest absolute Gasteiger partial charge is 0.378 e. The zero-order chi connectivity index (χ0) is 20.9. The first-order valence-corrected chi connectivity index (χ1v) is 9.59. The number of fused-ring (bicyclic) bond motifs is 1. The van der Waals surface area contributed by atoms with Crippen molar-refractivity contribution in [3.8, 4) is 0 Å². The van der Waals surface area contributed by atoms with Crippen LogP contribution in [0.4, 0.5) is 11.4 Å². The Morgan fingerprint density at radius 1 is 1.17 bits per heavy atom. The molecule has 30 heavy (non-hydrogen) atoms. The van der Waals surface area contributed by atoms with Crippen LogP contribution in [0.15, 0.2) is 59.8 Å². The van der Waals surface area contributed by atoms with Gasteiger partial charge in [-0.15, -0.1) is 0 Å². The zero-order valence-electron chi connectivity index (χ0n) is 16.2. The van der Waals surface area contributed by atoms with E-state index in [0.717, 1.165) is 16.5 Å². The maximum Gasteiger partial charge on any atom is 0.269 e. The summed E-state index contributed by atoms with van der Waals surface area (Å²) in [5.74, 6) is 0.0616. The average Bonchev–Trinajstić information content (AvgIpc) is 3.12. The Morgan fingerprint density at radius 2 is 1.90 bits per heavy atom. The number of para-hydroxylation sites is 1. The second-order valence-electron chi connectivity index (χ2n) is 6.90. The number of anilines is 1. The van der Waals surface area contributed by atoms with Crippen LogP contribution >= 0.6 is 0 Å². The number of ether oxygens (including phenoxy) is 1. The fourth-order valence-corrected chi connectivity index (χ4v) is 3.40. The molecular weight excluding hydrogens is 386 g/mol. The van der Waals surface area contributed by atoms with Gasteiger partial charge in [0.1, 0.15) is 6.54 Å². The molecule has 0 saturated carbocycles. The number of amides is 1. The molecule has 0 radical (unpaired) electrons. The van der Waals surface area contributed by atoms with Crippen molar-refractivity contribution in [3.05, 3.63) is 70.4 Å². The van der Waals surface area contributed by atoms with Crippen LogP contribution in [0.1, 0.15) is 5.56 Å². The molecule has 0 bridgehead atoms. The summed E-state index contributed by atoms with van der Waals surface area (Å²) in [4.78, 5) is 24.8. The molecule has 2 heterocycles. The van der Waals surface area contributed by atoms with E-state index in [4.69, 9.17) is 4.74 Å². The Hall–Kier alpha value is -3.72. The summed E-state index contributed by atoms with van der Waals surface area (Å²) in [5, 5.41) is 16.0. The minimum Gasteiger partial charge on any atom is -0.378 e. The SMILES string of the molecule is O=C(Cn1cc(/C=N\Nc2ccc([N+](=O)[O-])cc2)c2ccccc21)N1CCOCC1. The fraction of sp³-hybridized carbons (Fsp3) is 0.238. The molecule has 0 spiro atoms. The molecule has 1 amide bonds. The van der Waals surface area contributed by atoms with E-state index in [1.165, 1.54) is 12.1 Å². The topological polar surface area (TPSA) is 102 Å². The van der Waals surface area contributed by atoms with E-state index in [2.05, 4.69) is 10.5 Å². The third kappa shape index (κ3) is 4.31. The lowest BCUT2D eigenvalue weighted by Crippen LogP contribution is -2.42. The molecular formula is C21H21N5O4. The number of nitro benzene ring substituents is 1. The number of nitrogens with zero attached hydrogens (tertiary/aromatic N) is 4. The summed E-state index contributed by atoms with van der Waals surface area (Å²) in [6, 6.07) is 13.9. The number of rotatable bonds is 6. The minimum atomic E-state index is -0.444. The van der Waals surface area contributed by atoms with Gasteiger partial charge in [-0.25, -0.2) is 0 Å². The maximum absolute atomic E-state index is 12.7. The molecule has 1 aromatic heterocycles. The normalized spacial score (nSPS) is 14.3. The summed E-state index contributed by atoms with van der Waals surface area (Å²) in [5.41, 5.74) is 5.37. The molecule has 1 aliphatic rings. The second-order valence-corrected chi connectivity index (χ2v) is 6.90. The van der Waals surface area contributed by atoms with Crippen LogP contribution in [0, 0.1) is 10.1 Å². The Balaban J connectivity index is 1.50. The quantitative estimate of drug-likeness (QED) is 0.385. The molecule has 4 rings (SSSR count). The lowest BCUT2D eigenvalue weighted by Gasteiger charge is -2.27. The first-order chi connectivity index (χ1) is 14.6. The van der Waals surface area contributed by atoms with Crippen LogP contribution in [0.2, 0.25) is 0 Å². The Labute approximate surface area is 172 Å². The average molecular weight is 407 g/mol. The van der Waals surface area contributed by atoms with Gasteiger partial charge in [0.25, 0.3) is 5.69 Å². The Kier molecular flexibility index (Phi) is 5.71. The summed E-state index contributed by atoms with van der Waals surface area (Å²) in [6.45, 7) is 2.63. The number of hydrogen-bond donors (Lipinski definition) is 1. The predicted molar refractivity (Wildman–Crippen MR) is 114 cm³/mol. The van der Waals surface area contributed by atoms with E-state index >= 15 is 0 Å². The third-order valence-corrected chi connectivity index (χ3v) is 4.96. The van der Waals surface area contributed by atoms with Crippen molar-refractivity contribution in [1.82, 2.24) is 9.47 Å². The van der Waals surface area contributed by atoms with E-state index < -0.39 is 4.92 Å². The van der Waals surface area contributed by atoms with Gasteiger partial charge < -0.3 is 14.2 Å². The van der Waals surface area contributed by atoms with Crippen molar-refractivity contribution < 1.29 is 14.5 Å². The molecule has 1 fully saturated rings. The number of nitrogens with one attached hydrogen (secondary N) is 1. The van der Waals surface area contributed by atoms with Crippen LogP contribution in [0.25, 0.3) is 10.9 Å². The molecule has 9 heteroatoms. The number of carbonyl (C=O) groups is 1. The molecule has 1 saturated heterocycles. The van der Waals surface area contributed by atoms with Crippen molar-refractivity contribution in [1.29, 1.82) is 0 Å². The second kappa shape index (κ2) is 8.75. The van der Waals surface area contributed by atoms with Gasteiger partial charge in [-0.1, -0.05) is 18.2 Å². The molecule has 1 aliphatic heterocycles. The fourth-order valence-electron chi connectivity index (χ4n) is 3.40. The molecule has 1 N–H and O–H groups in total. The standard InChI is InChI=1S/C21H21N5O4/c27-21(24-9-11-30-12-10-24)15-25-14-16(19-3-1-2-4-20(19)25)13-22-23-17-5-7-18(8-6-17)26(28)29/h1-8,13-14,23H,9-12,15H2/b22-13-. The highest BCUT2D eigenvalue weighted by Crippen LogP contribution is 2.21. The van der Waals surface area contributed by atoms with E-state index in [0.29, 0.717) is 32.0 Å². The van der Waals surface area contributed by atoms with Gasteiger partial charge in [0, 0.05) is 47.9 Å². The molecule has 3 aromatic rings. The number of non-ortho nitro benzene ring substituents is 1. The molecule has 154 valence electrons. The van der Waals surface area contributed by atoms with Gasteiger partial charge in [0.05, 0.1) is 30.0 Å². The number of nitro groups is 1. The summed E-state index contributed by atoms with van der Waals surface area (Å²) >= 11 is 0. The van der Waals surface area contributed by atoms with Crippen molar-refractivity contribution in [2.24, 2.45) is 5.10 Å². The van der Waals surface area contributed by atoms with Gasteiger partial charge in [-0.05, 0) is 18.2 Å². The van der Waals surface area contributed by atoms with Crippen molar-refractivity contribution in [2.45, 2.75) is 6.54 Å². The van der Waals surface area contributed by atoms with E-state index in [1.807, 2.05) is 39.9 Å². The molecule has 0 unspecified atom stereocenters. The number of morpholine rings is 1. The molecule has 9 nitrogen and oxygen atoms in total. The predicted octanol–water partition coefficient (Wildman–Crippen LogP) is 2.85. The molecule has 0 atom stereocenters. The highest BCUT2D eigenvalue weighted by molar-refractivity contribution is 6.00. The highest BCUT2D eigenvalue weighted by Gasteiger charge is 2.18. The third-order valence-electron chi connectivity index (χ3n) is 4.96. The number of hydrogen-bond acceptors (Lipinski definition) is 6. The summed E-state index contributed by atoms with van der Waals surface area (Å²) < 4.78 is 7.25. The minimum absolute atomic E-state index is 0.0255. The van der Waals surface area contributed by atoms with Gasteiger partial charge >= 0.3 is 0 Å². The summed E-state index contributed by atoms with van der Waals surface area (Å²) in [6.07, 6.45) is 3.59.